The maximum Gasteiger partial charge on any atom is 0.0689 e. The van der Waals surface area contributed by atoms with E-state index >= 15 is 0 Å². The highest BCUT2D eigenvalue weighted by molar-refractivity contribution is 6.42. The van der Waals surface area contributed by atoms with Crippen molar-refractivity contribution in [3.05, 3.63) is 33.8 Å². The second-order valence-corrected chi connectivity index (χ2v) is 5.74. The molecule has 0 spiro atoms. The molecule has 1 aromatic rings. The average Bonchev–Trinajstić information content (AvgIpc) is 2.30. The first-order valence-electron chi connectivity index (χ1n) is 5.91. The normalized spacial score (nSPS) is 29.3. The van der Waals surface area contributed by atoms with Gasteiger partial charge in [-0.3, -0.25) is 0 Å². The van der Waals surface area contributed by atoms with E-state index < -0.39 is 5.60 Å². The van der Waals surface area contributed by atoms with E-state index in [1.165, 1.54) is 0 Å². The van der Waals surface area contributed by atoms with E-state index in [0.29, 0.717) is 16.5 Å². The molecule has 1 aromatic carbocycles. The minimum Gasteiger partial charge on any atom is -0.390 e. The van der Waals surface area contributed by atoms with Crippen LogP contribution in [0.1, 0.15) is 31.2 Å². The molecule has 1 fully saturated rings. The van der Waals surface area contributed by atoms with Crippen molar-refractivity contribution in [2.45, 2.75) is 43.7 Å². The van der Waals surface area contributed by atoms with Gasteiger partial charge in [0.15, 0.2) is 0 Å². The predicted molar refractivity (Wildman–Crippen MR) is 71.6 cm³/mol. The molecule has 0 amide bonds. The summed E-state index contributed by atoms with van der Waals surface area (Å²) in [5, 5.41) is 11.6. The van der Waals surface area contributed by atoms with Crippen LogP contribution in [0.15, 0.2) is 18.2 Å². The lowest BCUT2D eigenvalue weighted by molar-refractivity contribution is 0.000233. The number of nitrogens with two attached hydrogens (primary N) is 1. The number of rotatable bonds is 2. The van der Waals surface area contributed by atoms with Crippen molar-refractivity contribution in [3.63, 3.8) is 0 Å². The smallest absolute Gasteiger partial charge is 0.0689 e. The molecular weight excluding hydrogens is 257 g/mol. The number of hydrogen-bond acceptors (Lipinski definition) is 2. The molecule has 0 radical (unpaired) electrons. The van der Waals surface area contributed by atoms with E-state index in [4.69, 9.17) is 28.9 Å². The van der Waals surface area contributed by atoms with Crippen LogP contribution < -0.4 is 5.73 Å². The van der Waals surface area contributed by atoms with Gasteiger partial charge in [0.05, 0.1) is 15.6 Å². The topological polar surface area (TPSA) is 46.2 Å². The number of hydrogen-bond donors (Lipinski definition) is 2. The maximum atomic E-state index is 10.5. The Kier molecular flexibility index (Phi) is 3.99. The van der Waals surface area contributed by atoms with Crippen LogP contribution in [0, 0.1) is 0 Å². The highest BCUT2D eigenvalue weighted by Crippen LogP contribution is 2.34. The number of aliphatic hydroxyl groups is 1. The standard InChI is InChI=1S/C13H17Cl2NO/c14-11-3-1-2-9(12(11)15)8-13(17)6-4-10(16)5-7-13/h1-3,10,17H,4-8,16H2. The molecule has 1 aliphatic carbocycles. The Labute approximate surface area is 112 Å². The van der Waals surface area contributed by atoms with E-state index in [1.54, 1.807) is 6.07 Å². The van der Waals surface area contributed by atoms with Gasteiger partial charge in [0.2, 0.25) is 0 Å². The molecule has 4 heteroatoms. The summed E-state index contributed by atoms with van der Waals surface area (Å²) in [6, 6.07) is 5.77. The van der Waals surface area contributed by atoms with Gasteiger partial charge in [0.25, 0.3) is 0 Å². The van der Waals surface area contributed by atoms with Gasteiger partial charge in [-0.1, -0.05) is 35.3 Å². The number of halogens is 2. The molecule has 0 heterocycles. The van der Waals surface area contributed by atoms with Crippen molar-refractivity contribution in [3.8, 4) is 0 Å². The number of benzene rings is 1. The molecule has 2 rings (SSSR count). The Morgan fingerprint density at radius 3 is 2.59 bits per heavy atom. The fourth-order valence-corrected chi connectivity index (χ4v) is 2.78. The van der Waals surface area contributed by atoms with Crippen molar-refractivity contribution in [2.24, 2.45) is 5.73 Å². The minimum absolute atomic E-state index is 0.227. The van der Waals surface area contributed by atoms with Gasteiger partial charge in [0.1, 0.15) is 0 Å². The minimum atomic E-state index is -0.676. The quantitative estimate of drug-likeness (QED) is 0.870. The fourth-order valence-electron chi connectivity index (χ4n) is 2.39. The molecule has 0 unspecified atom stereocenters. The van der Waals surface area contributed by atoms with Crippen LogP contribution in [0.25, 0.3) is 0 Å². The molecule has 1 saturated carbocycles. The van der Waals surface area contributed by atoms with E-state index in [0.717, 1.165) is 31.2 Å². The van der Waals surface area contributed by atoms with Gasteiger partial charge in [-0.05, 0) is 37.3 Å². The maximum absolute atomic E-state index is 10.5. The van der Waals surface area contributed by atoms with Crippen LogP contribution in [0.2, 0.25) is 10.0 Å². The second-order valence-electron chi connectivity index (χ2n) is 4.95. The monoisotopic (exact) mass is 273 g/mol. The highest BCUT2D eigenvalue weighted by Gasteiger charge is 2.32. The third kappa shape index (κ3) is 3.14. The summed E-state index contributed by atoms with van der Waals surface area (Å²) < 4.78 is 0. The Bertz CT molecular complexity index is 400. The lowest BCUT2D eigenvalue weighted by Gasteiger charge is -2.35. The summed E-state index contributed by atoms with van der Waals surface area (Å²) in [7, 11) is 0. The van der Waals surface area contributed by atoms with Crippen LogP contribution in [0.4, 0.5) is 0 Å². The van der Waals surface area contributed by atoms with E-state index in [2.05, 4.69) is 0 Å². The molecule has 2 nitrogen and oxygen atoms in total. The molecular formula is C13H17Cl2NO. The third-order valence-electron chi connectivity index (χ3n) is 3.51. The Morgan fingerprint density at radius 1 is 1.29 bits per heavy atom. The fraction of sp³-hybridized carbons (Fsp3) is 0.538. The summed E-state index contributed by atoms with van der Waals surface area (Å²) in [5.41, 5.74) is 6.08. The van der Waals surface area contributed by atoms with Crippen molar-refractivity contribution in [2.75, 3.05) is 0 Å². The van der Waals surface area contributed by atoms with Crippen LogP contribution in [0.5, 0.6) is 0 Å². The second kappa shape index (κ2) is 5.15. The lowest BCUT2D eigenvalue weighted by Crippen LogP contribution is -2.40. The van der Waals surface area contributed by atoms with Crippen LogP contribution in [-0.2, 0) is 6.42 Å². The molecule has 0 atom stereocenters. The van der Waals surface area contributed by atoms with Crippen molar-refractivity contribution >= 4 is 23.2 Å². The first kappa shape index (κ1) is 13.2. The van der Waals surface area contributed by atoms with Gasteiger partial charge in [-0.15, -0.1) is 0 Å². The van der Waals surface area contributed by atoms with E-state index in [-0.39, 0.29) is 6.04 Å². The molecule has 94 valence electrons. The third-order valence-corrected chi connectivity index (χ3v) is 4.37. The van der Waals surface area contributed by atoms with E-state index in [9.17, 15) is 5.11 Å². The highest BCUT2D eigenvalue weighted by atomic mass is 35.5. The summed E-state index contributed by atoms with van der Waals surface area (Å²) in [6.45, 7) is 0. The molecule has 0 saturated heterocycles. The van der Waals surface area contributed by atoms with Gasteiger partial charge >= 0.3 is 0 Å². The molecule has 0 bridgehead atoms. The predicted octanol–water partition coefficient (Wildman–Crippen LogP) is 3.17. The summed E-state index contributed by atoms with van der Waals surface area (Å²) in [4.78, 5) is 0. The zero-order valence-electron chi connectivity index (χ0n) is 9.63. The molecule has 3 N–H and O–H groups in total. The summed E-state index contributed by atoms with van der Waals surface area (Å²) in [6.07, 6.45) is 3.76. The van der Waals surface area contributed by atoms with Crippen molar-refractivity contribution < 1.29 is 5.11 Å². The van der Waals surface area contributed by atoms with Gasteiger partial charge in [-0.2, -0.15) is 0 Å². The van der Waals surface area contributed by atoms with Crippen LogP contribution in [-0.4, -0.2) is 16.7 Å². The zero-order valence-corrected chi connectivity index (χ0v) is 11.1. The first-order valence-corrected chi connectivity index (χ1v) is 6.67. The largest absolute Gasteiger partial charge is 0.390 e. The molecule has 1 aliphatic rings. The van der Waals surface area contributed by atoms with Crippen LogP contribution >= 0.6 is 23.2 Å². The van der Waals surface area contributed by atoms with Gasteiger partial charge in [0, 0.05) is 12.5 Å². The Morgan fingerprint density at radius 2 is 1.94 bits per heavy atom. The molecule has 17 heavy (non-hydrogen) atoms. The Hall–Kier alpha value is -0.280. The van der Waals surface area contributed by atoms with Gasteiger partial charge in [-0.25, -0.2) is 0 Å². The van der Waals surface area contributed by atoms with E-state index in [1.807, 2.05) is 12.1 Å². The van der Waals surface area contributed by atoms with Gasteiger partial charge < -0.3 is 10.8 Å². The summed E-state index contributed by atoms with van der Waals surface area (Å²) >= 11 is 12.1. The van der Waals surface area contributed by atoms with Crippen LogP contribution in [0.3, 0.4) is 0 Å². The summed E-state index contributed by atoms with van der Waals surface area (Å²) in [5.74, 6) is 0. The van der Waals surface area contributed by atoms with Crippen molar-refractivity contribution in [1.29, 1.82) is 0 Å². The molecule has 0 aromatic heterocycles. The SMILES string of the molecule is NC1CCC(O)(Cc2cccc(Cl)c2Cl)CC1. The zero-order chi connectivity index (χ0) is 12.5. The first-order chi connectivity index (χ1) is 8.00. The Balaban J connectivity index is 2.12. The van der Waals surface area contributed by atoms with Crippen molar-refractivity contribution in [1.82, 2.24) is 0 Å². The molecule has 0 aliphatic heterocycles. The average molecular weight is 274 g/mol. The lowest BCUT2D eigenvalue weighted by atomic mass is 9.79.